The molecule has 1 aliphatic heterocycles. The zero-order valence-electron chi connectivity index (χ0n) is 16.7. The fourth-order valence-electron chi connectivity index (χ4n) is 4.07. The van der Waals surface area contributed by atoms with Crippen LogP contribution in [0.3, 0.4) is 0 Å². The molecule has 0 atom stereocenters. The minimum absolute atomic E-state index is 0.0490. The first-order chi connectivity index (χ1) is 12.7. The number of benzene rings is 2. The third-order valence-corrected chi connectivity index (χ3v) is 4.97. The molecular weight excluding hydrogens is 336 g/mol. The highest BCUT2D eigenvalue weighted by molar-refractivity contribution is 5.93. The lowest BCUT2D eigenvalue weighted by Crippen LogP contribution is -2.41. The van der Waals surface area contributed by atoms with Gasteiger partial charge in [-0.2, -0.15) is 0 Å². The number of carbonyl (C=O) groups is 1. The van der Waals surface area contributed by atoms with E-state index >= 15 is 0 Å². The van der Waals surface area contributed by atoms with Crippen LogP contribution in [-0.4, -0.2) is 18.2 Å². The van der Waals surface area contributed by atoms with E-state index in [4.69, 9.17) is 15.9 Å². The molecule has 0 aliphatic carbocycles. The third-order valence-electron chi connectivity index (χ3n) is 4.97. The largest absolute Gasteiger partial charge is 0.488 e. The summed E-state index contributed by atoms with van der Waals surface area (Å²) in [6.07, 6.45) is 6.59. The summed E-state index contributed by atoms with van der Waals surface area (Å²) in [6, 6.07) is 11.8. The summed E-state index contributed by atoms with van der Waals surface area (Å²) in [4.78, 5) is 12.1. The van der Waals surface area contributed by atoms with Gasteiger partial charge in [0.1, 0.15) is 11.4 Å². The van der Waals surface area contributed by atoms with Gasteiger partial charge >= 0.3 is 5.97 Å². The van der Waals surface area contributed by atoms with Gasteiger partial charge in [0, 0.05) is 5.56 Å². The van der Waals surface area contributed by atoms with E-state index in [1.165, 1.54) is 5.56 Å². The normalized spacial score (nSPS) is 16.6. The molecule has 3 rings (SSSR count). The van der Waals surface area contributed by atoms with Crippen molar-refractivity contribution in [2.75, 3.05) is 6.61 Å². The quantitative estimate of drug-likeness (QED) is 0.545. The Hall–Kier alpha value is -2.73. The van der Waals surface area contributed by atoms with Crippen molar-refractivity contribution in [3.05, 3.63) is 53.1 Å². The summed E-state index contributed by atoms with van der Waals surface area (Å²) >= 11 is 0. The number of terminal acetylenes is 1. The molecule has 3 heteroatoms. The van der Waals surface area contributed by atoms with Crippen LogP contribution in [0.25, 0.3) is 11.1 Å². The molecule has 140 valence electrons. The Bertz CT molecular complexity index is 929. The maximum atomic E-state index is 12.1. The van der Waals surface area contributed by atoms with Crippen molar-refractivity contribution in [3.63, 3.8) is 0 Å². The van der Waals surface area contributed by atoms with Crippen LogP contribution in [0.1, 0.15) is 62.5 Å². The van der Waals surface area contributed by atoms with E-state index in [-0.39, 0.29) is 11.0 Å². The molecule has 0 aromatic heterocycles. The lowest BCUT2D eigenvalue weighted by molar-refractivity contribution is 0.0521. The predicted octanol–water partition coefficient (Wildman–Crippen LogP) is 5.35. The lowest BCUT2D eigenvalue weighted by atomic mass is 9.73. The van der Waals surface area contributed by atoms with Gasteiger partial charge in [0.25, 0.3) is 0 Å². The van der Waals surface area contributed by atoms with E-state index in [1.54, 1.807) is 13.0 Å². The summed E-state index contributed by atoms with van der Waals surface area (Å²) < 4.78 is 11.3. The molecule has 0 N–H and O–H groups in total. The molecular formula is C24H26O3. The topological polar surface area (TPSA) is 35.5 Å². The van der Waals surface area contributed by atoms with Crippen molar-refractivity contribution in [1.82, 2.24) is 0 Å². The van der Waals surface area contributed by atoms with Gasteiger partial charge in [-0.05, 0) is 67.5 Å². The highest BCUT2D eigenvalue weighted by Gasteiger charge is 2.38. The average Bonchev–Trinajstić information content (AvgIpc) is 2.59. The average molecular weight is 362 g/mol. The Morgan fingerprint density at radius 2 is 1.81 bits per heavy atom. The molecule has 0 fully saturated rings. The Labute approximate surface area is 161 Å². The summed E-state index contributed by atoms with van der Waals surface area (Å²) in [6.45, 7) is 10.8. The minimum atomic E-state index is -0.394. The minimum Gasteiger partial charge on any atom is -0.488 e. The van der Waals surface area contributed by atoms with Crippen LogP contribution in [0.15, 0.2) is 36.4 Å². The fraction of sp³-hybridized carbons (Fsp3) is 0.375. The molecule has 0 amide bonds. The number of rotatable bonds is 3. The summed E-state index contributed by atoms with van der Waals surface area (Å²) in [5.74, 6) is 3.12. The number of fused-ring (bicyclic) bond motifs is 1. The maximum Gasteiger partial charge on any atom is 0.339 e. The van der Waals surface area contributed by atoms with Crippen LogP contribution in [0.2, 0.25) is 0 Å². The third kappa shape index (κ3) is 3.71. The molecule has 0 bridgehead atoms. The molecule has 3 nitrogen and oxygen atoms in total. The number of ether oxygens (including phenoxy) is 2. The van der Waals surface area contributed by atoms with E-state index < -0.39 is 5.97 Å². The molecule has 2 aromatic carbocycles. The van der Waals surface area contributed by atoms with Crippen molar-refractivity contribution in [1.29, 1.82) is 0 Å². The predicted molar refractivity (Wildman–Crippen MR) is 108 cm³/mol. The number of carbonyl (C=O) groups excluding carboxylic acids is 1. The van der Waals surface area contributed by atoms with Crippen molar-refractivity contribution in [3.8, 4) is 29.2 Å². The summed E-state index contributed by atoms with van der Waals surface area (Å²) in [5, 5.41) is 0. The molecule has 27 heavy (non-hydrogen) atoms. The molecule has 1 aliphatic rings. The zero-order chi connectivity index (χ0) is 19.8. The zero-order valence-corrected chi connectivity index (χ0v) is 16.7. The van der Waals surface area contributed by atoms with Gasteiger partial charge in [0.05, 0.1) is 12.2 Å². The van der Waals surface area contributed by atoms with Crippen LogP contribution in [0, 0.1) is 12.3 Å². The second kappa shape index (κ2) is 6.78. The summed E-state index contributed by atoms with van der Waals surface area (Å²) in [5.41, 5.74) is 3.95. The van der Waals surface area contributed by atoms with Gasteiger partial charge in [-0.15, -0.1) is 6.42 Å². The fourth-order valence-corrected chi connectivity index (χ4v) is 4.07. The number of hydrogen-bond acceptors (Lipinski definition) is 3. The Kier molecular flexibility index (Phi) is 4.78. The van der Waals surface area contributed by atoms with Crippen molar-refractivity contribution < 1.29 is 14.3 Å². The Morgan fingerprint density at radius 1 is 1.15 bits per heavy atom. The van der Waals surface area contributed by atoms with Crippen molar-refractivity contribution >= 4 is 5.97 Å². The van der Waals surface area contributed by atoms with Gasteiger partial charge in [0.15, 0.2) is 0 Å². The van der Waals surface area contributed by atoms with E-state index in [2.05, 4.69) is 51.8 Å². The SMILES string of the molecule is C#Cc1cc(-c2ccc3c(c2)OC(C)(C)CC3(C)C)ccc1C(=O)OCC. The van der Waals surface area contributed by atoms with E-state index in [0.29, 0.717) is 17.7 Å². The molecule has 0 unspecified atom stereocenters. The van der Waals surface area contributed by atoms with Crippen molar-refractivity contribution in [2.45, 2.75) is 52.1 Å². The van der Waals surface area contributed by atoms with Gasteiger partial charge in [-0.1, -0.05) is 38.0 Å². The second-order valence-corrected chi connectivity index (χ2v) is 8.26. The number of hydrogen-bond donors (Lipinski definition) is 0. The Morgan fingerprint density at radius 3 is 2.48 bits per heavy atom. The van der Waals surface area contributed by atoms with Gasteiger partial charge < -0.3 is 9.47 Å². The second-order valence-electron chi connectivity index (χ2n) is 8.26. The van der Waals surface area contributed by atoms with Crippen LogP contribution < -0.4 is 4.74 Å². The highest BCUT2D eigenvalue weighted by Crippen LogP contribution is 2.45. The van der Waals surface area contributed by atoms with E-state index in [0.717, 1.165) is 23.3 Å². The summed E-state index contributed by atoms with van der Waals surface area (Å²) in [7, 11) is 0. The van der Waals surface area contributed by atoms with Crippen LogP contribution in [-0.2, 0) is 10.2 Å². The first-order valence-corrected chi connectivity index (χ1v) is 9.28. The molecule has 0 spiro atoms. The maximum absolute atomic E-state index is 12.1. The van der Waals surface area contributed by atoms with Crippen molar-refractivity contribution in [2.24, 2.45) is 0 Å². The van der Waals surface area contributed by atoms with Gasteiger partial charge in [0.2, 0.25) is 0 Å². The highest BCUT2D eigenvalue weighted by atomic mass is 16.5. The molecule has 0 radical (unpaired) electrons. The van der Waals surface area contributed by atoms with Gasteiger partial charge in [-0.3, -0.25) is 0 Å². The van der Waals surface area contributed by atoms with Crippen LogP contribution in [0.4, 0.5) is 0 Å². The van der Waals surface area contributed by atoms with E-state index in [9.17, 15) is 4.79 Å². The monoisotopic (exact) mass is 362 g/mol. The first kappa shape index (κ1) is 19.0. The van der Waals surface area contributed by atoms with Crippen LogP contribution >= 0.6 is 0 Å². The molecule has 0 saturated carbocycles. The molecule has 0 saturated heterocycles. The van der Waals surface area contributed by atoms with E-state index in [1.807, 2.05) is 12.1 Å². The smallest absolute Gasteiger partial charge is 0.339 e. The lowest BCUT2D eigenvalue weighted by Gasteiger charge is -2.42. The molecule has 1 heterocycles. The standard InChI is InChI=1S/C24H26O3/c1-7-16-13-17(9-11-19(16)22(25)26-8-2)18-10-12-20-21(14-18)27-24(5,6)15-23(20,3)4/h1,9-14H,8,15H2,2-6H3. The first-order valence-electron chi connectivity index (χ1n) is 9.28. The Balaban J connectivity index is 2.04. The van der Waals surface area contributed by atoms with Gasteiger partial charge in [-0.25, -0.2) is 4.79 Å². The number of esters is 1. The molecule has 2 aromatic rings. The van der Waals surface area contributed by atoms with Crippen LogP contribution in [0.5, 0.6) is 5.75 Å².